The van der Waals surface area contributed by atoms with Crippen molar-refractivity contribution in [1.82, 2.24) is 5.32 Å². The minimum Gasteiger partial charge on any atom is -0.366 e. The second-order valence-corrected chi connectivity index (χ2v) is 7.11. The molecule has 0 spiro atoms. The van der Waals surface area contributed by atoms with Crippen LogP contribution in [0.15, 0.2) is 57.3 Å². The lowest BCUT2D eigenvalue weighted by atomic mass is 10.1. The summed E-state index contributed by atoms with van der Waals surface area (Å²) in [6, 6.07) is 15.3. The smallest absolute Gasteiger partial charge is 0.269 e. The molecule has 3 rings (SSSR count). The van der Waals surface area contributed by atoms with Crippen molar-refractivity contribution in [3.8, 4) is 0 Å². The second kappa shape index (κ2) is 8.47. The van der Waals surface area contributed by atoms with Crippen LogP contribution in [0.25, 0.3) is 0 Å². The molecule has 1 atom stereocenters. The summed E-state index contributed by atoms with van der Waals surface area (Å²) < 4.78 is 19.6. The fourth-order valence-electron chi connectivity index (χ4n) is 2.37. The zero-order valence-corrected chi connectivity index (χ0v) is 15.5. The van der Waals surface area contributed by atoms with Gasteiger partial charge in [-0.15, -0.1) is 8.80 Å². The number of hydrogen-bond donors (Lipinski definition) is 2. The van der Waals surface area contributed by atoms with Gasteiger partial charge in [-0.05, 0) is 36.6 Å². The highest BCUT2D eigenvalue weighted by molar-refractivity contribution is 7.83. The molecule has 1 aliphatic rings. The van der Waals surface area contributed by atoms with Gasteiger partial charge in [0.15, 0.2) is 11.7 Å². The first-order valence-electron chi connectivity index (χ1n) is 7.71. The van der Waals surface area contributed by atoms with Crippen molar-refractivity contribution in [3.05, 3.63) is 64.1 Å². The van der Waals surface area contributed by atoms with E-state index in [2.05, 4.69) is 31.6 Å². The number of hydrogen-bond acceptors (Lipinski definition) is 3. The third kappa shape index (κ3) is 5.29. The van der Waals surface area contributed by atoms with Crippen LogP contribution in [0.4, 0.5) is 5.69 Å². The highest BCUT2D eigenvalue weighted by Gasteiger charge is 2.19. The number of anilines is 1. The fourth-order valence-corrected chi connectivity index (χ4v) is 3.53. The zero-order chi connectivity index (χ0) is 17.6. The molecule has 1 heterocycles. The van der Waals surface area contributed by atoms with Crippen molar-refractivity contribution in [2.24, 2.45) is 8.80 Å². The quantitative estimate of drug-likeness (QED) is 0.752. The molecule has 5 nitrogen and oxygen atoms in total. The first kappa shape index (κ1) is 17.9. The second-order valence-electron chi connectivity index (χ2n) is 5.41. The van der Waals surface area contributed by atoms with Crippen LogP contribution in [0, 0.1) is 0 Å². The van der Waals surface area contributed by atoms with Gasteiger partial charge in [0, 0.05) is 22.3 Å². The van der Waals surface area contributed by atoms with Crippen LogP contribution < -0.4 is 10.6 Å². The molecule has 0 saturated carbocycles. The molecule has 0 aromatic heterocycles. The number of nitrogens with one attached hydrogen (secondary N) is 2. The molecule has 8 heteroatoms. The van der Waals surface area contributed by atoms with Crippen molar-refractivity contribution in [2.45, 2.75) is 12.8 Å². The van der Waals surface area contributed by atoms with Gasteiger partial charge < -0.3 is 10.6 Å². The van der Waals surface area contributed by atoms with Gasteiger partial charge in [0.05, 0.1) is 0 Å². The highest BCUT2D eigenvalue weighted by Crippen LogP contribution is 2.23. The van der Waals surface area contributed by atoms with Gasteiger partial charge >= 0.3 is 0 Å². The Morgan fingerprint density at radius 2 is 1.64 bits per heavy atom. The molecule has 0 aliphatic carbocycles. The predicted octanol–water partition coefficient (Wildman–Crippen LogP) is 4.02. The molecular weight excluding hydrogens is 379 g/mol. The molecule has 0 fully saturated rings. The van der Waals surface area contributed by atoms with E-state index >= 15 is 0 Å². The Morgan fingerprint density at radius 1 is 0.960 bits per heavy atom. The Hall–Kier alpha value is -1.89. The van der Waals surface area contributed by atoms with Crippen molar-refractivity contribution >= 4 is 51.7 Å². The highest BCUT2D eigenvalue weighted by atomic mass is 35.5. The van der Waals surface area contributed by atoms with Gasteiger partial charge in [-0.25, -0.2) is 4.21 Å². The van der Waals surface area contributed by atoms with Gasteiger partial charge in [0.1, 0.15) is 0 Å². The van der Waals surface area contributed by atoms with Crippen molar-refractivity contribution in [3.63, 3.8) is 0 Å². The summed E-state index contributed by atoms with van der Waals surface area (Å²) in [7, 11) is 0. The molecular formula is C17H16Cl2N4OS. The maximum Gasteiger partial charge on any atom is 0.269 e. The maximum atomic E-state index is 11.6. The molecule has 0 amide bonds. The minimum absolute atomic E-state index is 0.413. The van der Waals surface area contributed by atoms with E-state index in [4.69, 9.17) is 23.2 Å². The summed E-state index contributed by atoms with van der Waals surface area (Å²) in [6.45, 7) is 0.696. The largest absolute Gasteiger partial charge is 0.366 e. The predicted molar refractivity (Wildman–Crippen MR) is 106 cm³/mol. The third-order valence-electron chi connectivity index (χ3n) is 3.47. The van der Waals surface area contributed by atoms with E-state index in [1.54, 1.807) is 18.2 Å². The monoisotopic (exact) mass is 394 g/mol. The van der Waals surface area contributed by atoms with E-state index in [1.165, 1.54) is 5.56 Å². The summed E-state index contributed by atoms with van der Waals surface area (Å²) in [4.78, 5) is 0. The summed E-state index contributed by atoms with van der Waals surface area (Å²) in [6.07, 6.45) is 1.87. The Bertz CT molecular complexity index is 820. The van der Waals surface area contributed by atoms with Crippen LogP contribution in [0.5, 0.6) is 0 Å². The van der Waals surface area contributed by atoms with Crippen molar-refractivity contribution in [1.29, 1.82) is 0 Å². The average Bonchev–Trinajstić information content (AvgIpc) is 2.91. The first-order chi connectivity index (χ1) is 12.1. The summed E-state index contributed by atoms with van der Waals surface area (Å²) in [5.74, 6) is 0.888. The SMILES string of the molecule is O=S1N=C(NCCCc2ccccc2)C(Nc2cc(Cl)cc(Cl)c2)=N1. The van der Waals surface area contributed by atoms with Crippen LogP contribution >= 0.6 is 23.2 Å². The van der Waals surface area contributed by atoms with E-state index < -0.39 is 11.2 Å². The van der Waals surface area contributed by atoms with E-state index in [9.17, 15) is 4.21 Å². The molecule has 1 unspecified atom stereocenters. The van der Waals surface area contributed by atoms with Gasteiger partial charge in [0.25, 0.3) is 11.2 Å². The van der Waals surface area contributed by atoms with E-state index in [0.29, 0.717) is 33.9 Å². The molecule has 0 bridgehead atoms. The first-order valence-corrected chi connectivity index (χ1v) is 9.53. The van der Waals surface area contributed by atoms with Gasteiger partial charge in [-0.1, -0.05) is 53.5 Å². The van der Waals surface area contributed by atoms with Crippen LogP contribution in [0.3, 0.4) is 0 Å². The lowest BCUT2D eigenvalue weighted by molar-refractivity contribution is 0.686. The van der Waals surface area contributed by atoms with Crippen LogP contribution in [-0.4, -0.2) is 22.4 Å². The van der Waals surface area contributed by atoms with Crippen molar-refractivity contribution < 1.29 is 4.21 Å². The van der Waals surface area contributed by atoms with E-state index in [1.807, 2.05) is 18.2 Å². The standard InChI is InChI=1S/C17H16Cl2N4OS/c18-13-9-14(19)11-15(10-13)21-17-16(22-25(24)23-17)20-8-4-7-12-5-2-1-3-6-12/h1-3,5-6,9-11H,4,7-8H2,(H,20,22)(H,21,23). The summed E-state index contributed by atoms with van der Waals surface area (Å²) in [5.41, 5.74) is 1.94. The minimum atomic E-state index is -1.62. The summed E-state index contributed by atoms with van der Waals surface area (Å²) >= 11 is 10.4. The lowest BCUT2D eigenvalue weighted by Crippen LogP contribution is -2.34. The van der Waals surface area contributed by atoms with Gasteiger partial charge in [-0.2, -0.15) is 0 Å². The molecule has 1 aliphatic heterocycles. The Labute approximate surface area is 158 Å². The number of amidine groups is 2. The maximum absolute atomic E-state index is 11.6. The molecule has 130 valence electrons. The lowest BCUT2D eigenvalue weighted by Gasteiger charge is -2.10. The molecule has 2 N–H and O–H groups in total. The number of benzene rings is 2. The van der Waals surface area contributed by atoms with Crippen LogP contribution in [0.1, 0.15) is 12.0 Å². The molecule has 25 heavy (non-hydrogen) atoms. The normalized spacial score (nSPS) is 16.3. The Kier molecular flexibility index (Phi) is 6.07. The van der Waals surface area contributed by atoms with Crippen LogP contribution in [0.2, 0.25) is 10.0 Å². The average molecular weight is 395 g/mol. The number of halogens is 2. The molecule has 2 aromatic carbocycles. The Balaban J connectivity index is 1.56. The fraction of sp³-hybridized carbons (Fsp3) is 0.176. The van der Waals surface area contributed by atoms with Gasteiger partial charge in [0.2, 0.25) is 0 Å². The van der Waals surface area contributed by atoms with Crippen LogP contribution in [-0.2, 0) is 17.6 Å². The van der Waals surface area contributed by atoms with Crippen molar-refractivity contribution in [2.75, 3.05) is 11.9 Å². The van der Waals surface area contributed by atoms with Gasteiger partial charge in [-0.3, -0.25) is 0 Å². The number of rotatable bonds is 5. The third-order valence-corrected chi connectivity index (χ3v) is 4.58. The molecule has 2 aromatic rings. The zero-order valence-electron chi connectivity index (χ0n) is 13.2. The Morgan fingerprint density at radius 3 is 2.36 bits per heavy atom. The number of aryl methyl sites for hydroxylation is 1. The summed E-state index contributed by atoms with van der Waals surface area (Å²) in [5, 5.41) is 7.24. The topological polar surface area (TPSA) is 65.8 Å². The van der Waals surface area contributed by atoms with E-state index in [0.717, 1.165) is 12.8 Å². The number of nitrogens with zero attached hydrogens (tertiary/aromatic N) is 2. The molecule has 0 saturated heterocycles. The van der Waals surface area contributed by atoms with E-state index in [-0.39, 0.29) is 0 Å². The molecule has 0 radical (unpaired) electrons.